The van der Waals surface area contributed by atoms with Gasteiger partial charge in [0.1, 0.15) is 11.5 Å². The van der Waals surface area contributed by atoms with E-state index in [-0.39, 0.29) is 11.8 Å². The van der Waals surface area contributed by atoms with Crippen LogP contribution in [0.4, 0.5) is 5.69 Å². The van der Waals surface area contributed by atoms with Crippen LogP contribution in [-0.4, -0.2) is 46.3 Å². The zero-order valence-corrected chi connectivity index (χ0v) is 15.0. The van der Waals surface area contributed by atoms with E-state index >= 15 is 0 Å². The Morgan fingerprint density at radius 3 is 2.12 bits per heavy atom. The Kier molecular flexibility index (Phi) is 6.99. The van der Waals surface area contributed by atoms with Crippen molar-refractivity contribution in [2.24, 2.45) is 0 Å². The summed E-state index contributed by atoms with van der Waals surface area (Å²) in [4.78, 5) is 24.4. The van der Waals surface area contributed by atoms with Crippen molar-refractivity contribution >= 4 is 17.5 Å². The molecule has 0 aromatic heterocycles. The Hall–Kier alpha value is -3.06. The first kappa shape index (κ1) is 19.3. The second kappa shape index (κ2) is 9.43. The number of hydrogen-bond donors (Lipinski definition) is 2. The van der Waals surface area contributed by atoms with Crippen molar-refractivity contribution < 1.29 is 23.8 Å². The number of rotatable bonds is 8. The molecule has 0 aliphatic carbocycles. The number of anilines is 1. The van der Waals surface area contributed by atoms with E-state index in [1.165, 1.54) is 7.11 Å². The molecule has 0 saturated carbocycles. The van der Waals surface area contributed by atoms with E-state index in [0.717, 1.165) is 0 Å². The fourth-order valence-electron chi connectivity index (χ4n) is 2.24. The van der Waals surface area contributed by atoms with E-state index in [0.29, 0.717) is 41.5 Å². The minimum Gasteiger partial charge on any atom is -0.497 e. The predicted octanol–water partition coefficient (Wildman–Crippen LogP) is 2.33. The maximum atomic E-state index is 12.4. The molecule has 0 unspecified atom stereocenters. The van der Waals surface area contributed by atoms with E-state index in [1.807, 2.05) is 0 Å². The number of methoxy groups -OCH3 is 3. The molecule has 7 heteroatoms. The molecule has 0 saturated heterocycles. The first-order chi connectivity index (χ1) is 12.6. The average Bonchev–Trinajstić information content (AvgIpc) is 2.68. The van der Waals surface area contributed by atoms with Crippen molar-refractivity contribution in [1.29, 1.82) is 0 Å². The largest absolute Gasteiger partial charge is 0.497 e. The Morgan fingerprint density at radius 2 is 1.54 bits per heavy atom. The summed E-state index contributed by atoms with van der Waals surface area (Å²) in [5.41, 5.74) is 1.43. The van der Waals surface area contributed by atoms with Gasteiger partial charge in [-0.3, -0.25) is 9.59 Å². The van der Waals surface area contributed by atoms with Gasteiger partial charge in [0.05, 0.1) is 26.5 Å². The van der Waals surface area contributed by atoms with E-state index < -0.39 is 0 Å². The van der Waals surface area contributed by atoms with Crippen molar-refractivity contribution in [2.75, 3.05) is 39.8 Å². The minimum absolute atomic E-state index is 0.217. The van der Waals surface area contributed by atoms with Gasteiger partial charge < -0.3 is 24.8 Å². The first-order valence-electron chi connectivity index (χ1n) is 7.99. The summed E-state index contributed by atoms with van der Waals surface area (Å²) in [6.45, 7) is 0.866. The van der Waals surface area contributed by atoms with Gasteiger partial charge in [-0.2, -0.15) is 0 Å². The molecule has 26 heavy (non-hydrogen) atoms. The van der Waals surface area contributed by atoms with Gasteiger partial charge in [-0.1, -0.05) is 0 Å². The lowest BCUT2D eigenvalue weighted by Crippen LogP contribution is -2.27. The van der Waals surface area contributed by atoms with Crippen LogP contribution in [0.1, 0.15) is 20.7 Å². The molecule has 0 heterocycles. The first-order valence-corrected chi connectivity index (χ1v) is 7.99. The molecule has 2 N–H and O–H groups in total. The lowest BCUT2D eigenvalue weighted by molar-refractivity contribution is 0.0935. The molecule has 0 spiro atoms. The van der Waals surface area contributed by atoms with Crippen molar-refractivity contribution in [2.45, 2.75) is 0 Å². The summed E-state index contributed by atoms with van der Waals surface area (Å²) in [6, 6.07) is 11.5. The topological polar surface area (TPSA) is 85.9 Å². The van der Waals surface area contributed by atoms with Gasteiger partial charge in [-0.25, -0.2) is 0 Å². The fourth-order valence-corrected chi connectivity index (χ4v) is 2.24. The zero-order valence-electron chi connectivity index (χ0n) is 15.0. The third-order valence-corrected chi connectivity index (χ3v) is 3.66. The van der Waals surface area contributed by atoms with Crippen LogP contribution in [0.2, 0.25) is 0 Å². The van der Waals surface area contributed by atoms with Crippen LogP contribution >= 0.6 is 0 Å². The average molecular weight is 358 g/mol. The standard InChI is InChI=1S/C19H22N2O5/c1-24-11-10-20-18(22)13-4-6-14(7-5-13)19(23)21-16-9-8-15(25-2)12-17(16)26-3/h4-9,12H,10-11H2,1-3H3,(H,20,22)(H,21,23). The molecular weight excluding hydrogens is 336 g/mol. The quantitative estimate of drug-likeness (QED) is 0.708. The number of carbonyl (C=O) groups excluding carboxylic acids is 2. The number of hydrogen-bond acceptors (Lipinski definition) is 5. The maximum absolute atomic E-state index is 12.4. The molecule has 2 amide bonds. The molecule has 0 fully saturated rings. The van der Waals surface area contributed by atoms with Crippen LogP contribution in [0.3, 0.4) is 0 Å². The smallest absolute Gasteiger partial charge is 0.255 e. The maximum Gasteiger partial charge on any atom is 0.255 e. The molecule has 0 radical (unpaired) electrons. The number of amides is 2. The highest BCUT2D eigenvalue weighted by atomic mass is 16.5. The van der Waals surface area contributed by atoms with Crippen molar-refractivity contribution in [3.63, 3.8) is 0 Å². The second-order valence-electron chi connectivity index (χ2n) is 5.35. The Morgan fingerprint density at radius 1 is 0.885 bits per heavy atom. The monoisotopic (exact) mass is 358 g/mol. The molecule has 138 valence electrons. The van der Waals surface area contributed by atoms with E-state index in [2.05, 4.69) is 10.6 Å². The van der Waals surface area contributed by atoms with Crippen molar-refractivity contribution in [3.8, 4) is 11.5 Å². The van der Waals surface area contributed by atoms with E-state index in [4.69, 9.17) is 14.2 Å². The van der Waals surface area contributed by atoms with Gasteiger partial charge in [0, 0.05) is 30.8 Å². The number of nitrogens with one attached hydrogen (secondary N) is 2. The van der Waals surface area contributed by atoms with Crippen LogP contribution in [0, 0.1) is 0 Å². The lowest BCUT2D eigenvalue weighted by atomic mass is 10.1. The van der Waals surface area contributed by atoms with Crippen LogP contribution in [0.25, 0.3) is 0 Å². The summed E-state index contributed by atoms with van der Waals surface area (Å²) >= 11 is 0. The highest BCUT2D eigenvalue weighted by molar-refractivity contribution is 6.05. The number of carbonyl (C=O) groups is 2. The SMILES string of the molecule is COCCNC(=O)c1ccc(C(=O)Nc2ccc(OC)cc2OC)cc1. The molecule has 2 aromatic carbocycles. The van der Waals surface area contributed by atoms with Gasteiger partial charge in [0.15, 0.2) is 0 Å². The fraction of sp³-hybridized carbons (Fsp3) is 0.263. The Balaban J connectivity index is 2.05. The summed E-state index contributed by atoms with van der Waals surface area (Å²) < 4.78 is 15.3. The normalized spacial score (nSPS) is 10.1. The summed E-state index contributed by atoms with van der Waals surface area (Å²) in [5, 5.41) is 5.50. The highest BCUT2D eigenvalue weighted by Gasteiger charge is 2.12. The zero-order chi connectivity index (χ0) is 18.9. The van der Waals surface area contributed by atoms with Gasteiger partial charge in [0.25, 0.3) is 11.8 Å². The molecule has 2 aromatic rings. The highest BCUT2D eigenvalue weighted by Crippen LogP contribution is 2.29. The predicted molar refractivity (Wildman–Crippen MR) is 98.2 cm³/mol. The summed E-state index contributed by atoms with van der Waals surface area (Å²) in [6.07, 6.45) is 0. The molecular formula is C19H22N2O5. The van der Waals surface area contributed by atoms with Crippen LogP contribution in [0.15, 0.2) is 42.5 Å². The molecule has 0 aliphatic heterocycles. The van der Waals surface area contributed by atoms with E-state index in [1.54, 1.807) is 56.7 Å². The molecule has 0 atom stereocenters. The number of benzene rings is 2. The molecule has 0 aliphatic rings. The molecule has 0 bridgehead atoms. The van der Waals surface area contributed by atoms with Gasteiger partial charge in [-0.15, -0.1) is 0 Å². The van der Waals surface area contributed by atoms with Crippen molar-refractivity contribution in [3.05, 3.63) is 53.6 Å². The van der Waals surface area contributed by atoms with Gasteiger partial charge in [0.2, 0.25) is 0 Å². The van der Waals surface area contributed by atoms with Gasteiger partial charge in [-0.05, 0) is 36.4 Å². The van der Waals surface area contributed by atoms with E-state index in [9.17, 15) is 9.59 Å². The van der Waals surface area contributed by atoms with Crippen LogP contribution in [-0.2, 0) is 4.74 Å². The third-order valence-electron chi connectivity index (χ3n) is 3.66. The summed E-state index contributed by atoms with van der Waals surface area (Å²) in [5.74, 6) is 0.598. The second-order valence-corrected chi connectivity index (χ2v) is 5.35. The number of ether oxygens (including phenoxy) is 3. The van der Waals surface area contributed by atoms with Crippen LogP contribution < -0.4 is 20.1 Å². The van der Waals surface area contributed by atoms with Gasteiger partial charge >= 0.3 is 0 Å². The molecule has 2 rings (SSSR count). The summed E-state index contributed by atoms with van der Waals surface area (Å²) in [7, 11) is 4.64. The molecule has 7 nitrogen and oxygen atoms in total. The Bertz CT molecular complexity index is 759. The van der Waals surface area contributed by atoms with Crippen molar-refractivity contribution in [1.82, 2.24) is 5.32 Å². The van der Waals surface area contributed by atoms with Crippen LogP contribution in [0.5, 0.6) is 11.5 Å². The lowest BCUT2D eigenvalue weighted by Gasteiger charge is -2.12. The Labute approximate surface area is 152 Å². The minimum atomic E-state index is -0.306. The third kappa shape index (κ3) is 4.97.